The third-order valence-corrected chi connectivity index (χ3v) is 9.10. The van der Waals surface area contributed by atoms with Gasteiger partial charge in [-0.1, -0.05) is 35.5 Å². The highest BCUT2D eigenvalue weighted by molar-refractivity contribution is 8.00. The highest BCUT2D eigenvalue weighted by atomic mass is 35.5. The summed E-state index contributed by atoms with van der Waals surface area (Å²) >= 11 is 7.84. The number of anilines is 1. The average molecular weight is 498 g/mol. The lowest BCUT2D eigenvalue weighted by Crippen LogP contribution is -2.44. The Morgan fingerprint density at radius 3 is 2.62 bits per heavy atom. The van der Waals surface area contributed by atoms with E-state index in [0.29, 0.717) is 23.1 Å². The predicted molar refractivity (Wildman–Crippen MR) is 128 cm³/mol. The smallest absolute Gasteiger partial charge is 0.236 e. The van der Waals surface area contributed by atoms with E-state index in [1.807, 2.05) is 42.7 Å². The summed E-state index contributed by atoms with van der Waals surface area (Å²) in [7, 11) is -3.07. The number of rotatable bonds is 7. The fraction of sp³-hybridized carbons (Fsp3) is 0.571. The summed E-state index contributed by atoms with van der Waals surface area (Å²) in [5.41, 5.74) is 0.775. The first-order chi connectivity index (χ1) is 15.3. The Kier molecular flexibility index (Phi) is 7.02. The Bertz CT molecular complexity index is 1080. The quantitative estimate of drug-likeness (QED) is 0.543. The van der Waals surface area contributed by atoms with E-state index in [9.17, 15) is 13.2 Å². The van der Waals surface area contributed by atoms with Crippen LogP contribution >= 0.6 is 23.4 Å². The minimum Gasteiger partial charge on any atom is -0.341 e. The van der Waals surface area contributed by atoms with Gasteiger partial charge in [-0.3, -0.25) is 9.36 Å². The number of hydrogen-bond acceptors (Lipinski definition) is 7. The van der Waals surface area contributed by atoms with Gasteiger partial charge in [-0.15, -0.1) is 10.2 Å². The number of carbonyl (C=O) groups is 1. The Morgan fingerprint density at radius 2 is 2.00 bits per heavy atom. The molecule has 1 amide bonds. The second-order valence-electron chi connectivity index (χ2n) is 8.20. The maximum absolute atomic E-state index is 13.3. The second-order valence-corrected chi connectivity index (χ2v) is 12.1. The number of aromatic nitrogens is 3. The highest BCUT2D eigenvalue weighted by Crippen LogP contribution is 2.34. The van der Waals surface area contributed by atoms with Gasteiger partial charge in [0.05, 0.1) is 27.5 Å². The molecule has 2 saturated heterocycles. The molecule has 2 aromatic rings. The van der Waals surface area contributed by atoms with Gasteiger partial charge in [0.25, 0.3) is 0 Å². The zero-order valence-corrected chi connectivity index (χ0v) is 20.7. The summed E-state index contributed by atoms with van der Waals surface area (Å²) in [5, 5.41) is 9.59. The summed E-state index contributed by atoms with van der Waals surface area (Å²) in [5.74, 6) is 0.824. The lowest BCUT2D eigenvalue weighted by Gasteiger charge is -2.29. The zero-order chi connectivity index (χ0) is 22.9. The molecule has 174 valence electrons. The van der Waals surface area contributed by atoms with Crippen LogP contribution in [0.2, 0.25) is 5.02 Å². The van der Waals surface area contributed by atoms with Crippen molar-refractivity contribution in [2.75, 3.05) is 36.0 Å². The fourth-order valence-corrected chi connectivity index (χ4v) is 7.24. The summed E-state index contributed by atoms with van der Waals surface area (Å²) in [6.07, 6.45) is 2.69. The van der Waals surface area contributed by atoms with Crippen LogP contribution < -0.4 is 4.90 Å². The number of para-hydroxylation sites is 1. The van der Waals surface area contributed by atoms with Crippen LogP contribution in [0.15, 0.2) is 29.4 Å². The van der Waals surface area contributed by atoms with E-state index < -0.39 is 15.1 Å². The topological polar surface area (TPSA) is 88.4 Å². The largest absolute Gasteiger partial charge is 0.341 e. The van der Waals surface area contributed by atoms with E-state index >= 15 is 0 Å². The van der Waals surface area contributed by atoms with E-state index in [2.05, 4.69) is 15.1 Å². The van der Waals surface area contributed by atoms with Gasteiger partial charge >= 0.3 is 0 Å². The SMILES string of the molecule is CCN(C(=O)[C@@H](C)Sc1nnc(N2CCCC2)n1-c1ccccc1Cl)[C@@H]1CCS(=O)(=O)C1. The van der Waals surface area contributed by atoms with Crippen LogP contribution in [0.25, 0.3) is 5.69 Å². The molecule has 8 nitrogen and oxygen atoms in total. The first-order valence-corrected chi connectivity index (χ1v) is 14.0. The number of benzene rings is 1. The molecule has 0 aliphatic carbocycles. The van der Waals surface area contributed by atoms with Crippen molar-refractivity contribution in [1.29, 1.82) is 0 Å². The van der Waals surface area contributed by atoms with Crippen LogP contribution in [0.1, 0.15) is 33.1 Å². The monoisotopic (exact) mass is 497 g/mol. The number of carbonyl (C=O) groups excluding carboxylic acids is 1. The molecule has 32 heavy (non-hydrogen) atoms. The first-order valence-electron chi connectivity index (χ1n) is 10.9. The van der Waals surface area contributed by atoms with Gasteiger partial charge in [0.2, 0.25) is 11.9 Å². The standard InChI is InChI=1S/C21H28ClN5O3S2/c1-3-26(16-10-13-32(29,30)14-16)19(28)15(2)31-21-24-23-20(25-11-6-7-12-25)27(21)18-9-5-4-8-17(18)22/h4-5,8-9,15-16H,3,6-7,10-14H2,1-2H3/t15-,16-/m1/s1. The summed E-state index contributed by atoms with van der Waals surface area (Å²) in [6.45, 7) is 6.00. The number of hydrogen-bond donors (Lipinski definition) is 0. The molecular formula is C21H28ClN5O3S2. The first kappa shape index (κ1) is 23.4. The molecule has 0 spiro atoms. The molecule has 0 unspecified atom stereocenters. The molecule has 1 aromatic heterocycles. The van der Waals surface area contributed by atoms with Crippen LogP contribution in [0.5, 0.6) is 0 Å². The average Bonchev–Trinajstić information content (AvgIpc) is 3.49. The van der Waals surface area contributed by atoms with Crippen molar-refractivity contribution in [3.05, 3.63) is 29.3 Å². The Balaban J connectivity index is 1.61. The molecule has 0 N–H and O–H groups in total. The molecule has 0 saturated carbocycles. The number of thioether (sulfide) groups is 1. The predicted octanol–water partition coefficient (Wildman–Crippen LogP) is 3.04. The molecule has 2 aliphatic rings. The molecular weight excluding hydrogens is 470 g/mol. The van der Waals surface area contributed by atoms with Crippen LogP contribution in [0.4, 0.5) is 5.95 Å². The molecule has 11 heteroatoms. The minimum absolute atomic E-state index is 0.0406. The third-order valence-electron chi connectivity index (χ3n) is 6.00. The number of sulfone groups is 1. The van der Waals surface area contributed by atoms with Crippen molar-refractivity contribution >= 4 is 45.1 Å². The molecule has 4 rings (SSSR count). The molecule has 1 aromatic carbocycles. The van der Waals surface area contributed by atoms with E-state index in [1.54, 1.807) is 4.90 Å². The van der Waals surface area contributed by atoms with E-state index in [-0.39, 0.29) is 23.5 Å². The van der Waals surface area contributed by atoms with E-state index in [1.165, 1.54) is 11.8 Å². The maximum atomic E-state index is 13.3. The molecule has 2 fully saturated rings. The van der Waals surface area contributed by atoms with Gasteiger partial charge in [0, 0.05) is 25.7 Å². The number of halogens is 1. The van der Waals surface area contributed by atoms with Crippen molar-refractivity contribution in [3.8, 4) is 5.69 Å². The van der Waals surface area contributed by atoms with Gasteiger partial charge in [0.15, 0.2) is 15.0 Å². The Labute approximate surface area is 198 Å². The lowest BCUT2D eigenvalue weighted by molar-refractivity contribution is -0.131. The summed E-state index contributed by atoms with van der Waals surface area (Å²) in [4.78, 5) is 17.2. The molecule has 2 atom stereocenters. The number of nitrogens with zero attached hydrogens (tertiary/aromatic N) is 5. The molecule has 3 heterocycles. The maximum Gasteiger partial charge on any atom is 0.236 e. The van der Waals surface area contributed by atoms with E-state index in [0.717, 1.165) is 37.6 Å². The van der Waals surface area contributed by atoms with E-state index in [4.69, 9.17) is 11.6 Å². The van der Waals surface area contributed by atoms with Gasteiger partial charge in [0.1, 0.15) is 0 Å². The van der Waals surface area contributed by atoms with Gasteiger partial charge < -0.3 is 9.80 Å². The summed E-state index contributed by atoms with van der Waals surface area (Å²) in [6, 6.07) is 7.27. The van der Waals surface area contributed by atoms with Gasteiger partial charge in [-0.2, -0.15) is 0 Å². The summed E-state index contributed by atoms with van der Waals surface area (Å²) < 4.78 is 25.8. The Hall–Kier alpha value is -1.78. The van der Waals surface area contributed by atoms with Gasteiger partial charge in [-0.25, -0.2) is 8.42 Å². The van der Waals surface area contributed by atoms with Crippen molar-refractivity contribution in [1.82, 2.24) is 19.7 Å². The van der Waals surface area contributed by atoms with Crippen molar-refractivity contribution in [2.45, 2.75) is 49.6 Å². The normalized spacial score (nSPS) is 21.1. The fourth-order valence-electron chi connectivity index (χ4n) is 4.36. The van der Waals surface area contributed by atoms with Crippen LogP contribution in [0, 0.1) is 0 Å². The lowest BCUT2D eigenvalue weighted by atomic mass is 10.2. The second kappa shape index (κ2) is 9.61. The van der Waals surface area contributed by atoms with Crippen molar-refractivity contribution in [3.63, 3.8) is 0 Å². The van der Waals surface area contributed by atoms with Crippen LogP contribution in [0.3, 0.4) is 0 Å². The van der Waals surface area contributed by atoms with Crippen LogP contribution in [-0.4, -0.2) is 76.4 Å². The molecule has 0 bridgehead atoms. The van der Waals surface area contributed by atoms with Crippen LogP contribution in [-0.2, 0) is 14.6 Å². The minimum atomic E-state index is -3.07. The zero-order valence-electron chi connectivity index (χ0n) is 18.3. The highest BCUT2D eigenvalue weighted by Gasteiger charge is 2.36. The molecule has 0 radical (unpaired) electrons. The van der Waals surface area contributed by atoms with Crippen molar-refractivity contribution in [2.24, 2.45) is 0 Å². The van der Waals surface area contributed by atoms with Gasteiger partial charge in [-0.05, 0) is 45.2 Å². The Morgan fingerprint density at radius 1 is 1.28 bits per heavy atom. The third kappa shape index (κ3) is 4.77. The van der Waals surface area contributed by atoms with Crippen molar-refractivity contribution < 1.29 is 13.2 Å². The molecule has 2 aliphatic heterocycles. The number of amides is 1.